The highest BCUT2D eigenvalue weighted by Crippen LogP contribution is 2.25. The molecule has 0 saturated carbocycles. The summed E-state index contributed by atoms with van der Waals surface area (Å²) in [5.41, 5.74) is 0.708. The molecule has 0 bridgehead atoms. The fraction of sp³-hybridized carbons (Fsp3) is 0.650. The zero-order chi connectivity index (χ0) is 18.5. The minimum absolute atomic E-state index is 0.00685. The van der Waals surface area contributed by atoms with Gasteiger partial charge < -0.3 is 10.2 Å². The highest BCUT2D eigenvalue weighted by Gasteiger charge is 2.29. The minimum atomic E-state index is -0.819. The maximum absolute atomic E-state index is 13.4. The standard InChI is InChI=1S/C20H29F2N3O/c1-2-9-24-10-4-3-5-19(24)20(26)23-13-15-8-11-25(14-15)16-6-7-17(21)18(22)12-16/h6-7,12,15,19H,2-5,8-11,13-14H2,1H3,(H,23,26)/t15-,19+/m1/s1. The Hall–Kier alpha value is -1.69. The highest BCUT2D eigenvalue weighted by molar-refractivity contribution is 5.81. The zero-order valence-electron chi connectivity index (χ0n) is 15.5. The van der Waals surface area contributed by atoms with E-state index in [1.165, 1.54) is 18.6 Å². The first-order chi connectivity index (χ1) is 12.6. The van der Waals surface area contributed by atoms with Gasteiger partial charge in [0.05, 0.1) is 6.04 Å². The number of benzene rings is 1. The summed E-state index contributed by atoms with van der Waals surface area (Å²) in [6.07, 6.45) is 5.25. The lowest BCUT2D eigenvalue weighted by Gasteiger charge is -2.34. The fourth-order valence-electron chi connectivity index (χ4n) is 4.12. The number of likely N-dealkylation sites (tertiary alicyclic amines) is 1. The van der Waals surface area contributed by atoms with Crippen molar-refractivity contribution in [2.75, 3.05) is 37.6 Å². The molecule has 2 saturated heterocycles. The summed E-state index contributed by atoms with van der Waals surface area (Å²) in [7, 11) is 0. The number of hydrogen-bond donors (Lipinski definition) is 1. The number of amides is 1. The molecule has 1 aromatic rings. The molecule has 26 heavy (non-hydrogen) atoms. The second kappa shape index (κ2) is 8.80. The van der Waals surface area contributed by atoms with Crippen molar-refractivity contribution >= 4 is 11.6 Å². The molecule has 0 radical (unpaired) electrons. The van der Waals surface area contributed by atoms with Crippen LogP contribution in [0.25, 0.3) is 0 Å². The molecule has 1 amide bonds. The number of rotatable bonds is 6. The molecule has 1 aromatic carbocycles. The normalized spacial score (nSPS) is 24.0. The summed E-state index contributed by atoms with van der Waals surface area (Å²) in [6.45, 7) is 6.35. The zero-order valence-corrected chi connectivity index (χ0v) is 15.5. The van der Waals surface area contributed by atoms with Crippen LogP contribution < -0.4 is 10.2 Å². The van der Waals surface area contributed by atoms with Crippen LogP contribution in [-0.2, 0) is 4.79 Å². The van der Waals surface area contributed by atoms with Crippen molar-refractivity contribution in [3.05, 3.63) is 29.8 Å². The van der Waals surface area contributed by atoms with Crippen LogP contribution in [0.3, 0.4) is 0 Å². The average Bonchev–Trinajstić information content (AvgIpc) is 3.12. The van der Waals surface area contributed by atoms with Crippen molar-refractivity contribution in [3.8, 4) is 0 Å². The molecule has 0 aliphatic carbocycles. The second-order valence-electron chi connectivity index (χ2n) is 7.49. The molecular weight excluding hydrogens is 336 g/mol. The predicted molar refractivity (Wildman–Crippen MR) is 99.2 cm³/mol. The first kappa shape index (κ1) is 19.1. The molecule has 2 aliphatic heterocycles. The van der Waals surface area contributed by atoms with Crippen LogP contribution >= 0.6 is 0 Å². The number of anilines is 1. The van der Waals surface area contributed by atoms with Gasteiger partial charge in [-0.3, -0.25) is 9.69 Å². The monoisotopic (exact) mass is 365 g/mol. The van der Waals surface area contributed by atoms with Gasteiger partial charge in [-0.15, -0.1) is 0 Å². The third-order valence-corrected chi connectivity index (χ3v) is 5.55. The van der Waals surface area contributed by atoms with E-state index in [1.54, 1.807) is 6.07 Å². The van der Waals surface area contributed by atoms with Gasteiger partial charge in [-0.25, -0.2) is 8.78 Å². The molecule has 0 spiro atoms. The van der Waals surface area contributed by atoms with Gasteiger partial charge in [-0.1, -0.05) is 13.3 Å². The molecular formula is C20H29F2N3O. The van der Waals surface area contributed by atoms with Crippen molar-refractivity contribution in [2.45, 2.75) is 45.1 Å². The smallest absolute Gasteiger partial charge is 0.237 e. The Bertz CT molecular complexity index is 623. The third-order valence-electron chi connectivity index (χ3n) is 5.55. The van der Waals surface area contributed by atoms with Crippen molar-refractivity contribution < 1.29 is 13.6 Å². The lowest BCUT2D eigenvalue weighted by Crippen LogP contribution is -2.50. The molecule has 6 heteroatoms. The summed E-state index contributed by atoms with van der Waals surface area (Å²) in [5.74, 6) is -1.15. The molecule has 2 fully saturated rings. The Labute approximate surface area is 154 Å². The van der Waals surface area contributed by atoms with Gasteiger partial charge in [0.2, 0.25) is 5.91 Å². The van der Waals surface area contributed by atoms with Gasteiger partial charge in [0.25, 0.3) is 0 Å². The molecule has 1 N–H and O–H groups in total. The van der Waals surface area contributed by atoms with E-state index in [1.807, 2.05) is 0 Å². The SMILES string of the molecule is CCCN1CCCC[C@H]1C(=O)NC[C@H]1CCN(c2ccc(F)c(F)c2)C1. The lowest BCUT2D eigenvalue weighted by molar-refractivity contribution is -0.127. The summed E-state index contributed by atoms with van der Waals surface area (Å²) in [6, 6.07) is 4.04. The third kappa shape index (κ3) is 4.53. The van der Waals surface area contributed by atoms with E-state index in [0.29, 0.717) is 18.2 Å². The van der Waals surface area contributed by atoms with Gasteiger partial charge in [0.15, 0.2) is 11.6 Å². The maximum atomic E-state index is 13.4. The van der Waals surface area contributed by atoms with Crippen LogP contribution in [0.2, 0.25) is 0 Å². The number of nitrogens with one attached hydrogen (secondary N) is 1. The fourth-order valence-corrected chi connectivity index (χ4v) is 4.12. The van der Waals surface area contributed by atoms with Crippen LogP contribution in [-0.4, -0.2) is 49.6 Å². The molecule has 4 nitrogen and oxygen atoms in total. The highest BCUT2D eigenvalue weighted by atomic mass is 19.2. The molecule has 3 rings (SSSR count). The van der Waals surface area contributed by atoms with Crippen molar-refractivity contribution in [1.82, 2.24) is 10.2 Å². The first-order valence-corrected chi connectivity index (χ1v) is 9.80. The first-order valence-electron chi connectivity index (χ1n) is 9.80. The molecule has 2 heterocycles. The van der Waals surface area contributed by atoms with E-state index in [2.05, 4.69) is 22.0 Å². The topological polar surface area (TPSA) is 35.6 Å². The van der Waals surface area contributed by atoms with Crippen molar-refractivity contribution in [1.29, 1.82) is 0 Å². The van der Waals surface area contributed by atoms with Crippen LogP contribution in [0.15, 0.2) is 18.2 Å². The summed E-state index contributed by atoms with van der Waals surface area (Å²) >= 11 is 0. The Kier molecular flexibility index (Phi) is 6.46. The number of hydrogen-bond acceptors (Lipinski definition) is 3. The van der Waals surface area contributed by atoms with Gasteiger partial charge in [0, 0.05) is 31.4 Å². The Balaban J connectivity index is 1.49. The van der Waals surface area contributed by atoms with E-state index in [9.17, 15) is 13.6 Å². The molecule has 0 aromatic heterocycles. The Morgan fingerprint density at radius 1 is 1.19 bits per heavy atom. The van der Waals surface area contributed by atoms with Gasteiger partial charge in [-0.2, -0.15) is 0 Å². The Morgan fingerprint density at radius 2 is 2.04 bits per heavy atom. The van der Waals surface area contributed by atoms with E-state index in [-0.39, 0.29) is 11.9 Å². The van der Waals surface area contributed by atoms with E-state index >= 15 is 0 Å². The molecule has 144 valence electrons. The second-order valence-corrected chi connectivity index (χ2v) is 7.49. The number of piperidine rings is 1. The number of nitrogens with zero attached hydrogens (tertiary/aromatic N) is 2. The quantitative estimate of drug-likeness (QED) is 0.841. The van der Waals surface area contributed by atoms with Gasteiger partial charge in [0.1, 0.15) is 0 Å². The van der Waals surface area contributed by atoms with E-state index in [0.717, 1.165) is 51.9 Å². The molecule has 2 atom stereocenters. The van der Waals surface area contributed by atoms with Crippen molar-refractivity contribution in [2.24, 2.45) is 5.92 Å². The summed E-state index contributed by atoms with van der Waals surface area (Å²) < 4.78 is 26.5. The molecule has 2 aliphatic rings. The molecule has 0 unspecified atom stereocenters. The lowest BCUT2D eigenvalue weighted by atomic mass is 10.0. The van der Waals surface area contributed by atoms with E-state index in [4.69, 9.17) is 0 Å². The minimum Gasteiger partial charge on any atom is -0.371 e. The number of carbonyl (C=O) groups is 1. The van der Waals surface area contributed by atoms with E-state index < -0.39 is 11.6 Å². The van der Waals surface area contributed by atoms with Crippen LogP contribution in [0.1, 0.15) is 39.0 Å². The average molecular weight is 365 g/mol. The summed E-state index contributed by atoms with van der Waals surface area (Å²) in [5, 5.41) is 3.13. The van der Waals surface area contributed by atoms with Crippen LogP contribution in [0.5, 0.6) is 0 Å². The maximum Gasteiger partial charge on any atom is 0.237 e. The van der Waals surface area contributed by atoms with Gasteiger partial charge in [-0.05, 0) is 56.8 Å². The predicted octanol–water partition coefficient (Wildman–Crippen LogP) is 3.17. The van der Waals surface area contributed by atoms with Crippen LogP contribution in [0, 0.1) is 17.6 Å². The number of halogens is 2. The summed E-state index contributed by atoms with van der Waals surface area (Å²) in [4.78, 5) is 17.0. The van der Waals surface area contributed by atoms with Crippen LogP contribution in [0.4, 0.5) is 14.5 Å². The Morgan fingerprint density at radius 3 is 2.81 bits per heavy atom. The largest absolute Gasteiger partial charge is 0.371 e. The van der Waals surface area contributed by atoms with Crippen molar-refractivity contribution in [3.63, 3.8) is 0 Å². The number of carbonyl (C=O) groups excluding carboxylic acids is 1. The van der Waals surface area contributed by atoms with Gasteiger partial charge >= 0.3 is 0 Å².